The first-order valence-electron chi connectivity index (χ1n) is 12.4. The molecule has 0 amide bonds. The zero-order valence-corrected chi connectivity index (χ0v) is 19.7. The summed E-state index contributed by atoms with van der Waals surface area (Å²) >= 11 is 6.85. The van der Waals surface area contributed by atoms with E-state index in [-0.39, 0.29) is 12.0 Å². The van der Waals surface area contributed by atoms with Gasteiger partial charge in [-0.2, -0.15) is 0 Å². The topological polar surface area (TPSA) is 49.8 Å². The molecule has 0 aromatic heterocycles. The summed E-state index contributed by atoms with van der Waals surface area (Å²) in [5.74, 6) is 0.843. The third-order valence-electron chi connectivity index (χ3n) is 8.25. The molecule has 3 aliphatic rings. The summed E-state index contributed by atoms with van der Waals surface area (Å²) in [4.78, 5) is 14.0. The molecular formula is C27H34ClNO3. The summed E-state index contributed by atoms with van der Waals surface area (Å²) in [6.45, 7) is 3.14. The summed E-state index contributed by atoms with van der Waals surface area (Å²) in [6.07, 6.45) is 10.0. The Balaban J connectivity index is 1.31. The molecule has 5 rings (SSSR count). The predicted molar refractivity (Wildman–Crippen MR) is 128 cm³/mol. The first kappa shape index (κ1) is 22.0. The molecule has 0 radical (unpaired) electrons. The number of carbonyl (C=O) groups is 1. The number of carboxylic acid groups (broad SMARTS) is 1. The lowest BCUT2D eigenvalue weighted by Gasteiger charge is -2.37. The van der Waals surface area contributed by atoms with E-state index in [0.717, 1.165) is 72.5 Å². The van der Waals surface area contributed by atoms with Gasteiger partial charge < -0.3 is 9.84 Å². The molecule has 2 bridgehead atoms. The summed E-state index contributed by atoms with van der Waals surface area (Å²) in [7, 11) is 0. The van der Waals surface area contributed by atoms with E-state index in [9.17, 15) is 9.90 Å². The average molecular weight is 456 g/mol. The van der Waals surface area contributed by atoms with Crippen LogP contribution in [-0.2, 0) is 11.3 Å². The number of carboxylic acids is 1. The lowest BCUT2D eigenvalue weighted by atomic mass is 9.86. The number of fused-ring (bicyclic) bond motifs is 3. The number of rotatable bonds is 6. The quantitative estimate of drug-likeness (QED) is 0.528. The van der Waals surface area contributed by atoms with Crippen LogP contribution < -0.4 is 4.74 Å². The maximum absolute atomic E-state index is 11.5. The fraction of sp³-hybridized carbons (Fsp3) is 0.593. The molecule has 2 aliphatic heterocycles. The molecule has 0 spiro atoms. The third-order valence-corrected chi connectivity index (χ3v) is 8.64. The van der Waals surface area contributed by atoms with Gasteiger partial charge in [0.2, 0.25) is 0 Å². The molecule has 2 unspecified atom stereocenters. The maximum atomic E-state index is 11.5. The fourth-order valence-electron chi connectivity index (χ4n) is 6.28. The van der Waals surface area contributed by atoms with E-state index < -0.39 is 5.97 Å². The molecule has 1 N–H and O–H groups in total. The molecule has 1 aliphatic carbocycles. The minimum Gasteiger partial charge on any atom is -0.489 e. The Labute approximate surface area is 195 Å². The SMILES string of the molecule is CC[C@H]1CC[C@@H](Oc2ccc3ccc(CN4C5CCC4CC(C(=O)O)C5)cc3c2Cl)CC1. The summed E-state index contributed by atoms with van der Waals surface area (Å²) in [5.41, 5.74) is 1.24. The van der Waals surface area contributed by atoms with Gasteiger partial charge >= 0.3 is 5.97 Å². The van der Waals surface area contributed by atoms with E-state index in [0.29, 0.717) is 12.1 Å². The summed E-state index contributed by atoms with van der Waals surface area (Å²) in [5, 5.41) is 12.4. The van der Waals surface area contributed by atoms with Crippen molar-refractivity contribution in [2.75, 3.05) is 0 Å². The number of hydrogen-bond donors (Lipinski definition) is 1. The molecule has 4 nitrogen and oxygen atoms in total. The maximum Gasteiger partial charge on any atom is 0.306 e. The van der Waals surface area contributed by atoms with Crippen LogP contribution >= 0.6 is 11.6 Å². The number of aliphatic carboxylic acids is 1. The number of hydrogen-bond acceptors (Lipinski definition) is 3. The van der Waals surface area contributed by atoms with Crippen molar-refractivity contribution >= 4 is 28.3 Å². The molecular weight excluding hydrogens is 422 g/mol. The van der Waals surface area contributed by atoms with E-state index in [4.69, 9.17) is 16.3 Å². The highest BCUT2D eigenvalue weighted by Crippen LogP contribution is 2.41. The molecule has 2 aromatic rings. The minimum absolute atomic E-state index is 0.179. The third kappa shape index (κ3) is 4.36. The Morgan fingerprint density at radius 3 is 2.41 bits per heavy atom. The van der Waals surface area contributed by atoms with Gasteiger partial charge in [-0.15, -0.1) is 0 Å². The van der Waals surface area contributed by atoms with Crippen molar-refractivity contribution in [3.05, 3.63) is 40.9 Å². The van der Waals surface area contributed by atoms with Crippen LogP contribution in [0, 0.1) is 11.8 Å². The lowest BCUT2D eigenvalue weighted by Crippen LogP contribution is -2.44. The van der Waals surface area contributed by atoms with Crippen LogP contribution in [0.15, 0.2) is 30.3 Å². The minimum atomic E-state index is -0.630. The van der Waals surface area contributed by atoms with Gasteiger partial charge in [-0.05, 0) is 80.4 Å². The summed E-state index contributed by atoms with van der Waals surface area (Å²) in [6, 6.07) is 11.4. The summed E-state index contributed by atoms with van der Waals surface area (Å²) < 4.78 is 6.36. The van der Waals surface area contributed by atoms with E-state index in [1.54, 1.807) is 0 Å². The van der Waals surface area contributed by atoms with Gasteiger partial charge in [0.1, 0.15) is 5.75 Å². The van der Waals surface area contributed by atoms with Crippen molar-refractivity contribution in [3.63, 3.8) is 0 Å². The highest BCUT2D eigenvalue weighted by atomic mass is 35.5. The Hall–Kier alpha value is -1.78. The van der Waals surface area contributed by atoms with E-state index in [1.165, 1.54) is 24.8 Å². The van der Waals surface area contributed by atoms with Gasteiger partial charge in [-0.25, -0.2) is 0 Å². The van der Waals surface area contributed by atoms with E-state index >= 15 is 0 Å². The van der Waals surface area contributed by atoms with Crippen LogP contribution in [0.5, 0.6) is 5.75 Å². The number of nitrogens with zero attached hydrogens (tertiary/aromatic N) is 1. The largest absolute Gasteiger partial charge is 0.489 e. The highest BCUT2D eigenvalue weighted by Gasteiger charge is 2.42. The van der Waals surface area contributed by atoms with Crippen LogP contribution in [0.2, 0.25) is 5.02 Å². The number of ether oxygens (including phenoxy) is 1. The number of halogens is 1. The van der Waals surface area contributed by atoms with Crippen LogP contribution in [0.4, 0.5) is 0 Å². The Kier molecular flexibility index (Phi) is 6.35. The standard InChI is InChI=1S/C27H34ClNO3/c1-2-17-4-10-23(11-5-17)32-25-12-7-19-6-3-18(13-24(19)26(25)28)16-29-21-8-9-22(29)15-20(14-21)27(30)31/h3,6-7,12-13,17,20-23H,2,4-5,8-11,14-16H2,1H3,(H,30,31)/t17-,20?,21?,22?,23+. The van der Waals surface area contributed by atoms with Crippen LogP contribution in [0.3, 0.4) is 0 Å². The molecule has 32 heavy (non-hydrogen) atoms. The smallest absolute Gasteiger partial charge is 0.306 e. The fourth-order valence-corrected chi connectivity index (χ4v) is 6.55. The second-order valence-electron chi connectivity index (χ2n) is 10.2. The molecule has 3 fully saturated rings. The van der Waals surface area contributed by atoms with Gasteiger partial charge in [-0.1, -0.05) is 43.1 Å². The molecule has 2 aromatic carbocycles. The molecule has 1 saturated carbocycles. The predicted octanol–water partition coefficient (Wildman–Crippen LogP) is 6.67. The van der Waals surface area contributed by atoms with Gasteiger partial charge in [-0.3, -0.25) is 9.69 Å². The molecule has 172 valence electrons. The molecule has 2 saturated heterocycles. The van der Waals surface area contributed by atoms with E-state index in [2.05, 4.69) is 36.1 Å². The van der Waals surface area contributed by atoms with Crippen LogP contribution in [-0.4, -0.2) is 34.2 Å². The molecule has 5 heteroatoms. The van der Waals surface area contributed by atoms with Crippen molar-refractivity contribution in [3.8, 4) is 5.75 Å². The Bertz CT molecular complexity index is 970. The van der Waals surface area contributed by atoms with Gasteiger partial charge in [0.15, 0.2) is 0 Å². The zero-order valence-electron chi connectivity index (χ0n) is 18.9. The Morgan fingerprint density at radius 1 is 1.06 bits per heavy atom. The second-order valence-corrected chi connectivity index (χ2v) is 10.5. The van der Waals surface area contributed by atoms with Crippen molar-refractivity contribution in [1.29, 1.82) is 0 Å². The van der Waals surface area contributed by atoms with Crippen molar-refractivity contribution in [1.82, 2.24) is 4.90 Å². The van der Waals surface area contributed by atoms with Crippen molar-refractivity contribution in [2.45, 2.75) is 89.4 Å². The van der Waals surface area contributed by atoms with Gasteiger partial charge in [0.25, 0.3) is 0 Å². The first-order valence-corrected chi connectivity index (χ1v) is 12.8. The number of benzene rings is 2. The van der Waals surface area contributed by atoms with E-state index in [1.807, 2.05) is 6.07 Å². The average Bonchev–Trinajstić information content (AvgIpc) is 3.02. The molecule has 2 atom stereocenters. The normalized spacial score (nSPS) is 30.5. The van der Waals surface area contributed by atoms with Crippen molar-refractivity contribution in [2.24, 2.45) is 11.8 Å². The van der Waals surface area contributed by atoms with Gasteiger partial charge in [0, 0.05) is 24.0 Å². The monoisotopic (exact) mass is 455 g/mol. The van der Waals surface area contributed by atoms with Crippen LogP contribution in [0.1, 0.15) is 70.3 Å². The number of piperidine rings is 1. The zero-order chi connectivity index (χ0) is 22.2. The van der Waals surface area contributed by atoms with Gasteiger partial charge in [0.05, 0.1) is 17.0 Å². The Morgan fingerprint density at radius 2 is 1.75 bits per heavy atom. The second kappa shape index (κ2) is 9.23. The molecule has 2 heterocycles. The lowest BCUT2D eigenvalue weighted by molar-refractivity contribution is -0.144. The van der Waals surface area contributed by atoms with Crippen LogP contribution in [0.25, 0.3) is 10.8 Å². The highest BCUT2D eigenvalue weighted by molar-refractivity contribution is 6.37. The first-order chi connectivity index (χ1) is 15.5. The van der Waals surface area contributed by atoms with Crippen molar-refractivity contribution < 1.29 is 14.6 Å².